The summed E-state index contributed by atoms with van der Waals surface area (Å²) in [7, 11) is 0. The predicted octanol–water partition coefficient (Wildman–Crippen LogP) is 1.39. The van der Waals surface area contributed by atoms with E-state index in [0.717, 1.165) is 0 Å². The predicted molar refractivity (Wildman–Crippen MR) is 59.7 cm³/mol. The summed E-state index contributed by atoms with van der Waals surface area (Å²) in [5.74, 6) is 0. The van der Waals surface area contributed by atoms with Gasteiger partial charge in [0.15, 0.2) is 5.15 Å². The van der Waals surface area contributed by atoms with Crippen molar-refractivity contribution in [3.8, 4) is 0 Å². The second kappa shape index (κ2) is 4.59. The van der Waals surface area contributed by atoms with Crippen molar-refractivity contribution in [1.82, 2.24) is 19.7 Å². The average Bonchev–Trinajstić information content (AvgIpc) is 2.27. The lowest BCUT2D eigenvalue weighted by molar-refractivity contribution is 0.699. The first-order chi connectivity index (χ1) is 7.65. The van der Waals surface area contributed by atoms with Gasteiger partial charge in [0, 0.05) is 6.20 Å². The van der Waals surface area contributed by atoms with E-state index >= 15 is 0 Å². The largest absolute Gasteiger partial charge is 0.347 e. The molecule has 7 heteroatoms. The number of aromatic nitrogens is 4. The van der Waals surface area contributed by atoms with Gasteiger partial charge in [-0.1, -0.05) is 23.2 Å². The van der Waals surface area contributed by atoms with E-state index in [1.807, 2.05) is 0 Å². The Morgan fingerprint density at radius 1 is 1.25 bits per heavy atom. The Morgan fingerprint density at radius 3 is 2.75 bits per heavy atom. The maximum absolute atomic E-state index is 11.4. The van der Waals surface area contributed by atoms with Crippen LogP contribution in [0.5, 0.6) is 0 Å². The quantitative estimate of drug-likeness (QED) is 0.815. The van der Waals surface area contributed by atoms with Gasteiger partial charge in [-0.05, 0) is 12.1 Å². The molecule has 0 spiro atoms. The van der Waals surface area contributed by atoms with Crippen LogP contribution in [0.4, 0.5) is 0 Å². The molecule has 0 amide bonds. The molecule has 0 aromatic carbocycles. The van der Waals surface area contributed by atoms with Crippen LogP contribution in [0.15, 0.2) is 29.3 Å². The van der Waals surface area contributed by atoms with Gasteiger partial charge >= 0.3 is 5.69 Å². The smallest absolute Gasteiger partial charge is 0.292 e. The molecule has 0 aliphatic rings. The maximum Gasteiger partial charge on any atom is 0.347 e. The Balaban J connectivity index is 2.30. The third-order valence-electron chi connectivity index (χ3n) is 1.84. The van der Waals surface area contributed by atoms with Crippen molar-refractivity contribution in [2.75, 3.05) is 0 Å². The Bertz CT molecular complexity index is 552. The summed E-state index contributed by atoms with van der Waals surface area (Å²) in [5, 5.41) is 8.20. The molecular weight excluding hydrogens is 251 g/mol. The molecule has 16 heavy (non-hydrogen) atoms. The lowest BCUT2D eigenvalue weighted by Gasteiger charge is -2.03. The van der Waals surface area contributed by atoms with E-state index in [1.165, 1.54) is 17.0 Å². The van der Waals surface area contributed by atoms with Crippen LogP contribution in [-0.2, 0) is 6.54 Å². The van der Waals surface area contributed by atoms with Gasteiger partial charge in [-0.2, -0.15) is 5.10 Å². The molecule has 0 fully saturated rings. The van der Waals surface area contributed by atoms with E-state index in [-0.39, 0.29) is 12.2 Å². The fourth-order valence-electron chi connectivity index (χ4n) is 1.14. The van der Waals surface area contributed by atoms with Crippen LogP contribution in [0.1, 0.15) is 5.69 Å². The Kier molecular flexibility index (Phi) is 3.17. The van der Waals surface area contributed by atoms with E-state index in [9.17, 15) is 4.79 Å². The summed E-state index contributed by atoms with van der Waals surface area (Å²) in [4.78, 5) is 15.0. The van der Waals surface area contributed by atoms with Gasteiger partial charge in [0.1, 0.15) is 0 Å². The molecule has 2 heterocycles. The fourth-order valence-corrected chi connectivity index (χ4v) is 1.41. The first-order valence-electron chi connectivity index (χ1n) is 4.35. The summed E-state index contributed by atoms with van der Waals surface area (Å²) < 4.78 is 1.35. The number of halogens is 2. The van der Waals surface area contributed by atoms with Crippen LogP contribution in [0.25, 0.3) is 0 Å². The van der Waals surface area contributed by atoms with Crippen molar-refractivity contribution in [1.29, 1.82) is 0 Å². The molecular formula is C9H6Cl2N4O. The van der Waals surface area contributed by atoms with Crippen molar-refractivity contribution < 1.29 is 0 Å². The number of hydrogen-bond acceptors (Lipinski definition) is 4. The van der Waals surface area contributed by atoms with Gasteiger partial charge in [-0.15, -0.1) is 5.10 Å². The van der Waals surface area contributed by atoms with E-state index in [0.29, 0.717) is 15.9 Å². The normalized spacial score (nSPS) is 10.4. The first kappa shape index (κ1) is 11.0. The highest BCUT2D eigenvalue weighted by molar-refractivity contribution is 6.30. The lowest BCUT2D eigenvalue weighted by Crippen LogP contribution is -2.22. The molecule has 0 N–H and O–H groups in total. The maximum atomic E-state index is 11.4. The Labute approximate surface area is 101 Å². The van der Waals surface area contributed by atoms with Gasteiger partial charge in [-0.3, -0.25) is 4.57 Å². The molecule has 2 aromatic heterocycles. The Morgan fingerprint density at radius 2 is 2.06 bits per heavy atom. The standard InChI is InChI=1S/C9H6Cl2N4O/c10-6-3-12-9(16)15(4-6)5-7-1-2-8(11)14-13-7/h1-4H,5H2. The molecule has 0 saturated heterocycles. The average molecular weight is 257 g/mol. The minimum atomic E-state index is -0.388. The van der Waals surface area contributed by atoms with Gasteiger partial charge < -0.3 is 0 Å². The van der Waals surface area contributed by atoms with Crippen LogP contribution < -0.4 is 5.69 Å². The molecule has 0 bridgehead atoms. The van der Waals surface area contributed by atoms with Crippen LogP contribution >= 0.6 is 23.2 Å². The highest BCUT2D eigenvalue weighted by Crippen LogP contribution is 2.05. The van der Waals surface area contributed by atoms with Gasteiger partial charge in [0.2, 0.25) is 0 Å². The SMILES string of the molecule is O=c1ncc(Cl)cn1Cc1ccc(Cl)nn1. The third-order valence-corrected chi connectivity index (χ3v) is 2.24. The zero-order valence-electron chi connectivity index (χ0n) is 7.97. The fraction of sp³-hybridized carbons (Fsp3) is 0.111. The number of nitrogens with zero attached hydrogens (tertiary/aromatic N) is 4. The molecule has 0 unspecified atom stereocenters. The molecule has 2 rings (SSSR count). The van der Waals surface area contributed by atoms with Crippen LogP contribution in [0.2, 0.25) is 10.2 Å². The monoisotopic (exact) mass is 256 g/mol. The molecule has 5 nitrogen and oxygen atoms in total. The highest BCUT2D eigenvalue weighted by atomic mass is 35.5. The Hall–Kier alpha value is -1.46. The van der Waals surface area contributed by atoms with Crippen LogP contribution in [-0.4, -0.2) is 19.7 Å². The summed E-state index contributed by atoms with van der Waals surface area (Å²) in [6.07, 6.45) is 2.79. The summed E-state index contributed by atoms with van der Waals surface area (Å²) >= 11 is 11.3. The zero-order valence-corrected chi connectivity index (χ0v) is 9.48. The molecule has 82 valence electrons. The second-order valence-electron chi connectivity index (χ2n) is 3.03. The summed E-state index contributed by atoms with van der Waals surface area (Å²) in [6, 6.07) is 3.29. The van der Waals surface area contributed by atoms with Crippen molar-refractivity contribution in [3.63, 3.8) is 0 Å². The van der Waals surface area contributed by atoms with Gasteiger partial charge in [0.05, 0.1) is 23.5 Å². The van der Waals surface area contributed by atoms with Crippen LogP contribution in [0.3, 0.4) is 0 Å². The molecule has 2 aromatic rings. The lowest BCUT2D eigenvalue weighted by atomic mass is 10.4. The molecule has 0 aliphatic heterocycles. The van der Waals surface area contributed by atoms with Crippen molar-refractivity contribution in [2.24, 2.45) is 0 Å². The summed E-state index contributed by atoms with van der Waals surface area (Å²) in [6.45, 7) is 0.260. The van der Waals surface area contributed by atoms with Crippen molar-refractivity contribution in [3.05, 3.63) is 50.9 Å². The van der Waals surface area contributed by atoms with E-state index < -0.39 is 0 Å². The number of rotatable bonds is 2. The minimum Gasteiger partial charge on any atom is -0.292 e. The van der Waals surface area contributed by atoms with Gasteiger partial charge in [0.25, 0.3) is 0 Å². The van der Waals surface area contributed by atoms with E-state index in [4.69, 9.17) is 23.2 Å². The third kappa shape index (κ3) is 2.56. The minimum absolute atomic E-state index is 0.260. The first-order valence-corrected chi connectivity index (χ1v) is 5.11. The van der Waals surface area contributed by atoms with Crippen molar-refractivity contribution >= 4 is 23.2 Å². The number of hydrogen-bond donors (Lipinski definition) is 0. The topological polar surface area (TPSA) is 60.7 Å². The van der Waals surface area contributed by atoms with E-state index in [1.54, 1.807) is 12.1 Å². The molecule has 0 atom stereocenters. The van der Waals surface area contributed by atoms with Crippen molar-refractivity contribution in [2.45, 2.75) is 6.54 Å². The van der Waals surface area contributed by atoms with Gasteiger partial charge in [-0.25, -0.2) is 9.78 Å². The zero-order chi connectivity index (χ0) is 11.5. The molecule has 0 saturated carbocycles. The summed E-state index contributed by atoms with van der Waals surface area (Å²) in [5.41, 5.74) is 0.219. The second-order valence-corrected chi connectivity index (χ2v) is 3.85. The molecule has 0 radical (unpaired) electrons. The molecule has 0 aliphatic carbocycles. The highest BCUT2D eigenvalue weighted by Gasteiger charge is 2.01. The van der Waals surface area contributed by atoms with Crippen LogP contribution in [0, 0.1) is 0 Å². The van der Waals surface area contributed by atoms with E-state index in [2.05, 4.69) is 15.2 Å².